The standard InChI is InChI=1S/C39H42ClN3O4S/c1-5-20-41(28-17-11-8-12-18-28)36(45)32-31-22-26(4)39(48-31)33(32)37(46)43(29(24-44)23-27-15-9-7-10-16-27)35(39)38(47)42(21-6-2)34-25(3)14-13-19-30(34)40/h5-19,26,29,31-33,35,44H,1-2,20-24H2,3-4H3/t26?,29-,31+,32-,33+,35?,39?/m1/s1. The van der Waals surface area contributed by atoms with Crippen LogP contribution in [-0.4, -0.2) is 69.5 Å². The second-order valence-electron chi connectivity index (χ2n) is 13.0. The number of halogens is 1. The molecule has 250 valence electrons. The zero-order chi connectivity index (χ0) is 34.2. The monoisotopic (exact) mass is 683 g/mol. The Balaban J connectivity index is 1.50. The molecule has 3 amide bonds. The summed E-state index contributed by atoms with van der Waals surface area (Å²) in [5.41, 5.74) is 3.06. The van der Waals surface area contributed by atoms with Gasteiger partial charge in [0, 0.05) is 24.0 Å². The van der Waals surface area contributed by atoms with Crippen LogP contribution in [0, 0.1) is 24.7 Å². The van der Waals surface area contributed by atoms with E-state index < -0.39 is 28.7 Å². The molecule has 7 atom stereocenters. The third kappa shape index (κ3) is 5.57. The van der Waals surface area contributed by atoms with Crippen LogP contribution in [0.3, 0.4) is 0 Å². The molecule has 7 nitrogen and oxygen atoms in total. The van der Waals surface area contributed by atoms with Crippen LogP contribution >= 0.6 is 23.4 Å². The van der Waals surface area contributed by atoms with Crippen molar-refractivity contribution < 1.29 is 19.5 Å². The van der Waals surface area contributed by atoms with Crippen LogP contribution in [0.1, 0.15) is 24.5 Å². The number of thioether (sulfide) groups is 1. The quantitative estimate of drug-likeness (QED) is 0.226. The van der Waals surface area contributed by atoms with Crippen LogP contribution < -0.4 is 9.80 Å². The fourth-order valence-corrected chi connectivity index (χ4v) is 11.0. The number of aryl methyl sites for hydroxylation is 1. The number of likely N-dealkylation sites (tertiary alicyclic amines) is 1. The van der Waals surface area contributed by atoms with Crippen LogP contribution in [0.4, 0.5) is 11.4 Å². The minimum absolute atomic E-state index is 0.0528. The van der Waals surface area contributed by atoms with Crippen LogP contribution in [0.2, 0.25) is 5.02 Å². The van der Waals surface area contributed by atoms with Gasteiger partial charge in [0.25, 0.3) is 5.91 Å². The lowest BCUT2D eigenvalue weighted by Crippen LogP contribution is -2.60. The zero-order valence-electron chi connectivity index (χ0n) is 27.4. The molecule has 3 unspecified atom stereocenters. The highest BCUT2D eigenvalue weighted by Crippen LogP contribution is 2.69. The molecule has 0 aliphatic carbocycles. The molecule has 1 spiro atoms. The number of carbonyl (C=O) groups is 3. The number of anilines is 2. The first kappa shape index (κ1) is 34.0. The normalized spacial score (nSPS) is 26.2. The van der Waals surface area contributed by atoms with Crippen molar-refractivity contribution in [2.45, 2.75) is 48.8 Å². The van der Waals surface area contributed by atoms with Crippen molar-refractivity contribution in [3.8, 4) is 0 Å². The number of benzene rings is 3. The Morgan fingerprint density at radius 2 is 1.65 bits per heavy atom. The van der Waals surface area contributed by atoms with Crippen molar-refractivity contribution in [1.29, 1.82) is 0 Å². The topological polar surface area (TPSA) is 81.2 Å². The van der Waals surface area contributed by atoms with Gasteiger partial charge in [-0.25, -0.2) is 0 Å². The summed E-state index contributed by atoms with van der Waals surface area (Å²) in [6.07, 6.45) is 4.40. The third-order valence-corrected chi connectivity index (χ3v) is 12.7. The molecule has 3 aromatic rings. The molecule has 9 heteroatoms. The number of carbonyl (C=O) groups excluding carboxylic acids is 3. The lowest BCUT2D eigenvalue weighted by Gasteiger charge is -2.42. The average Bonchev–Trinajstić information content (AvgIpc) is 3.69. The van der Waals surface area contributed by atoms with Gasteiger partial charge in [-0.2, -0.15) is 0 Å². The highest BCUT2D eigenvalue weighted by atomic mass is 35.5. The first-order chi connectivity index (χ1) is 23.2. The number of aliphatic hydroxyl groups is 1. The molecule has 48 heavy (non-hydrogen) atoms. The zero-order valence-corrected chi connectivity index (χ0v) is 28.9. The van der Waals surface area contributed by atoms with Crippen molar-refractivity contribution in [1.82, 2.24) is 4.90 Å². The number of amides is 3. The summed E-state index contributed by atoms with van der Waals surface area (Å²) in [5.74, 6) is -2.14. The van der Waals surface area contributed by atoms with E-state index >= 15 is 9.59 Å². The fourth-order valence-electron chi connectivity index (χ4n) is 8.32. The van der Waals surface area contributed by atoms with E-state index in [1.807, 2.05) is 79.7 Å². The van der Waals surface area contributed by atoms with E-state index in [-0.39, 0.29) is 42.0 Å². The molecule has 2 bridgehead atoms. The maximum Gasteiger partial charge on any atom is 0.251 e. The van der Waals surface area contributed by atoms with E-state index in [0.29, 0.717) is 30.1 Å². The summed E-state index contributed by atoms with van der Waals surface area (Å²) in [4.78, 5) is 50.1. The summed E-state index contributed by atoms with van der Waals surface area (Å²) >= 11 is 8.38. The highest BCUT2D eigenvalue weighted by Gasteiger charge is 2.77. The highest BCUT2D eigenvalue weighted by molar-refractivity contribution is 8.02. The summed E-state index contributed by atoms with van der Waals surface area (Å²) in [7, 11) is 0. The molecule has 3 aliphatic heterocycles. The Labute approximate surface area is 292 Å². The maximum atomic E-state index is 15.3. The summed E-state index contributed by atoms with van der Waals surface area (Å²) in [6, 6.07) is 23.0. The smallest absolute Gasteiger partial charge is 0.251 e. The van der Waals surface area contributed by atoms with Gasteiger partial charge in [-0.1, -0.05) is 91.3 Å². The van der Waals surface area contributed by atoms with Gasteiger partial charge in [-0.05, 0) is 55.0 Å². The summed E-state index contributed by atoms with van der Waals surface area (Å²) in [5, 5.41) is 11.2. The van der Waals surface area contributed by atoms with Gasteiger partial charge >= 0.3 is 0 Å². The maximum absolute atomic E-state index is 15.3. The molecule has 3 aromatic carbocycles. The van der Waals surface area contributed by atoms with Crippen LogP contribution in [0.25, 0.3) is 0 Å². The van der Waals surface area contributed by atoms with Gasteiger partial charge < -0.3 is 19.8 Å². The SMILES string of the molecule is C=CCN(C(=O)[C@@H]1[C@@H]2CC(C)C3(S2)C(C(=O)N(CC=C)c2c(C)cccc2Cl)N([C@@H](CO)Cc2ccccc2)C(=O)[C@H]13)c1ccccc1. The second-order valence-corrected chi connectivity index (χ2v) is 15.0. The van der Waals surface area contributed by atoms with E-state index in [4.69, 9.17) is 11.6 Å². The molecule has 0 radical (unpaired) electrons. The molecule has 3 fully saturated rings. The van der Waals surface area contributed by atoms with Crippen LogP contribution in [-0.2, 0) is 20.8 Å². The summed E-state index contributed by atoms with van der Waals surface area (Å²) in [6.45, 7) is 12.0. The number of aliphatic hydroxyl groups excluding tert-OH is 1. The molecule has 3 heterocycles. The molecular weight excluding hydrogens is 642 g/mol. The Hall–Kier alpha value is -3.85. The van der Waals surface area contributed by atoms with Gasteiger partial charge in [0.1, 0.15) is 6.04 Å². The molecule has 3 saturated heterocycles. The number of rotatable bonds is 12. The summed E-state index contributed by atoms with van der Waals surface area (Å²) < 4.78 is -0.894. The average molecular weight is 684 g/mol. The predicted molar refractivity (Wildman–Crippen MR) is 194 cm³/mol. The number of hydrogen-bond donors (Lipinski definition) is 1. The number of nitrogens with zero attached hydrogens (tertiary/aromatic N) is 3. The van der Waals surface area contributed by atoms with E-state index in [0.717, 1.165) is 16.8 Å². The van der Waals surface area contributed by atoms with Gasteiger partial charge in [-0.15, -0.1) is 24.9 Å². The van der Waals surface area contributed by atoms with Crippen molar-refractivity contribution in [2.24, 2.45) is 17.8 Å². The molecule has 1 N–H and O–H groups in total. The Kier molecular flexibility index (Phi) is 9.88. The van der Waals surface area contributed by atoms with Crippen molar-refractivity contribution in [2.75, 3.05) is 29.5 Å². The number of para-hydroxylation sites is 2. The lowest BCUT2D eigenvalue weighted by molar-refractivity contribution is -0.141. The van der Waals surface area contributed by atoms with E-state index in [1.165, 1.54) is 0 Å². The Bertz CT molecular complexity index is 1680. The first-order valence-electron chi connectivity index (χ1n) is 16.5. The fraction of sp³-hybridized carbons (Fsp3) is 0.359. The second kappa shape index (κ2) is 13.9. The predicted octanol–water partition coefficient (Wildman–Crippen LogP) is 6.33. The van der Waals surface area contributed by atoms with Crippen molar-refractivity contribution >= 4 is 52.5 Å². The molecular formula is C39H42ClN3O4S. The van der Waals surface area contributed by atoms with Crippen LogP contribution in [0.15, 0.2) is 104 Å². The van der Waals surface area contributed by atoms with E-state index in [9.17, 15) is 9.90 Å². The van der Waals surface area contributed by atoms with Gasteiger partial charge in [0.05, 0.1) is 39.9 Å². The molecule has 6 rings (SSSR count). The lowest BCUT2D eigenvalue weighted by atomic mass is 9.65. The minimum Gasteiger partial charge on any atom is -0.394 e. The van der Waals surface area contributed by atoms with E-state index in [2.05, 4.69) is 20.1 Å². The Morgan fingerprint density at radius 1 is 1.00 bits per heavy atom. The third-order valence-electron chi connectivity index (χ3n) is 10.3. The molecule has 0 aromatic heterocycles. The number of fused-ring (bicyclic) bond motifs is 1. The molecule has 3 aliphatic rings. The molecule has 0 saturated carbocycles. The minimum atomic E-state index is -0.945. The van der Waals surface area contributed by atoms with Gasteiger partial charge in [0.2, 0.25) is 11.8 Å². The number of hydrogen-bond acceptors (Lipinski definition) is 5. The van der Waals surface area contributed by atoms with E-state index in [1.54, 1.807) is 44.7 Å². The van der Waals surface area contributed by atoms with Gasteiger partial charge in [-0.3, -0.25) is 14.4 Å². The Morgan fingerprint density at radius 3 is 2.27 bits per heavy atom. The van der Waals surface area contributed by atoms with Gasteiger partial charge in [0.15, 0.2) is 0 Å². The van der Waals surface area contributed by atoms with Crippen molar-refractivity contribution in [3.63, 3.8) is 0 Å². The van der Waals surface area contributed by atoms with Crippen LogP contribution in [0.5, 0.6) is 0 Å². The first-order valence-corrected chi connectivity index (χ1v) is 17.7. The van der Waals surface area contributed by atoms with Crippen molar-refractivity contribution in [3.05, 3.63) is 120 Å². The largest absolute Gasteiger partial charge is 0.394 e.